The molecule has 146 valence electrons. The Morgan fingerprint density at radius 2 is 1.72 bits per heavy atom. The molecule has 0 unspecified atom stereocenters. The minimum atomic E-state index is -0.474. The first-order valence-corrected chi connectivity index (χ1v) is 9.13. The van der Waals surface area contributed by atoms with E-state index >= 15 is 0 Å². The molecule has 1 aromatic heterocycles. The van der Waals surface area contributed by atoms with Gasteiger partial charge in [-0.1, -0.05) is 18.2 Å². The first kappa shape index (κ1) is 20.0. The van der Waals surface area contributed by atoms with Crippen LogP contribution in [0.2, 0.25) is 0 Å². The largest absolute Gasteiger partial charge is 0.321 e. The second-order valence-corrected chi connectivity index (χ2v) is 6.86. The Bertz CT molecular complexity index is 1130. The highest BCUT2D eigenvalue weighted by Crippen LogP contribution is 2.23. The number of benzene rings is 2. The molecule has 0 saturated heterocycles. The summed E-state index contributed by atoms with van der Waals surface area (Å²) >= 11 is 0. The van der Waals surface area contributed by atoms with E-state index < -0.39 is 5.91 Å². The standard InChI is InChI=1S/C23H21FN4O/c1-14-6-5-7-15(2)22(14)26-23(29)18(13-25)12-21-16(3)27-28(17(21)4)20-10-8-19(24)9-11-20/h5-12H,1-4H3,(H,26,29)/b18-12+. The lowest BCUT2D eigenvalue weighted by atomic mass is 10.1. The van der Waals surface area contributed by atoms with E-state index in [9.17, 15) is 14.4 Å². The molecule has 0 aliphatic heterocycles. The van der Waals surface area contributed by atoms with Gasteiger partial charge in [0.2, 0.25) is 0 Å². The maximum Gasteiger partial charge on any atom is 0.266 e. The number of para-hydroxylation sites is 1. The van der Waals surface area contributed by atoms with Crippen LogP contribution in [0.25, 0.3) is 11.8 Å². The second kappa shape index (κ2) is 8.11. The molecule has 0 aliphatic carbocycles. The first-order chi connectivity index (χ1) is 13.8. The van der Waals surface area contributed by atoms with Gasteiger partial charge in [0.05, 0.1) is 11.4 Å². The summed E-state index contributed by atoms with van der Waals surface area (Å²) in [5, 5.41) is 16.9. The van der Waals surface area contributed by atoms with Gasteiger partial charge < -0.3 is 5.32 Å². The van der Waals surface area contributed by atoms with Crippen LogP contribution in [0, 0.1) is 44.8 Å². The van der Waals surface area contributed by atoms with Crippen molar-refractivity contribution in [2.75, 3.05) is 5.32 Å². The lowest BCUT2D eigenvalue weighted by molar-refractivity contribution is -0.112. The molecule has 5 nitrogen and oxygen atoms in total. The van der Waals surface area contributed by atoms with Crippen LogP contribution in [0.4, 0.5) is 10.1 Å². The molecule has 1 amide bonds. The van der Waals surface area contributed by atoms with Gasteiger partial charge in [-0.2, -0.15) is 10.4 Å². The van der Waals surface area contributed by atoms with Gasteiger partial charge in [0.25, 0.3) is 5.91 Å². The molecule has 1 N–H and O–H groups in total. The number of amides is 1. The van der Waals surface area contributed by atoms with E-state index in [1.54, 1.807) is 29.8 Å². The van der Waals surface area contributed by atoms with Crippen LogP contribution < -0.4 is 5.32 Å². The van der Waals surface area contributed by atoms with Crippen molar-refractivity contribution in [1.82, 2.24) is 9.78 Å². The van der Waals surface area contributed by atoms with Crippen molar-refractivity contribution < 1.29 is 9.18 Å². The van der Waals surface area contributed by atoms with Gasteiger partial charge in [-0.05, 0) is 69.2 Å². The van der Waals surface area contributed by atoms with Crippen molar-refractivity contribution in [2.24, 2.45) is 0 Å². The molecule has 3 aromatic rings. The number of nitrogens with zero attached hydrogens (tertiary/aromatic N) is 3. The average molecular weight is 388 g/mol. The summed E-state index contributed by atoms with van der Waals surface area (Å²) in [4.78, 5) is 12.7. The fraction of sp³-hybridized carbons (Fsp3) is 0.174. The molecular weight excluding hydrogens is 367 g/mol. The van der Waals surface area contributed by atoms with Crippen molar-refractivity contribution in [1.29, 1.82) is 5.26 Å². The molecule has 0 fully saturated rings. The summed E-state index contributed by atoms with van der Waals surface area (Å²) in [6.45, 7) is 7.45. The van der Waals surface area contributed by atoms with Gasteiger partial charge in [0.1, 0.15) is 17.5 Å². The number of anilines is 1. The summed E-state index contributed by atoms with van der Waals surface area (Å²) in [6.07, 6.45) is 1.54. The second-order valence-electron chi connectivity index (χ2n) is 6.86. The van der Waals surface area contributed by atoms with E-state index in [2.05, 4.69) is 10.4 Å². The normalized spacial score (nSPS) is 11.2. The lowest BCUT2D eigenvalue weighted by Gasteiger charge is -2.11. The number of nitriles is 1. The van der Waals surface area contributed by atoms with Gasteiger partial charge in [0, 0.05) is 16.9 Å². The number of hydrogen-bond acceptors (Lipinski definition) is 3. The van der Waals surface area contributed by atoms with Crippen LogP contribution in [0.15, 0.2) is 48.0 Å². The fourth-order valence-electron chi connectivity index (χ4n) is 3.18. The van der Waals surface area contributed by atoms with E-state index in [0.717, 1.165) is 16.8 Å². The van der Waals surface area contributed by atoms with Crippen LogP contribution in [0.5, 0.6) is 0 Å². The van der Waals surface area contributed by atoms with Crippen molar-refractivity contribution in [3.8, 4) is 11.8 Å². The minimum absolute atomic E-state index is 0.0162. The number of carbonyl (C=O) groups is 1. The third-order valence-corrected chi connectivity index (χ3v) is 4.79. The van der Waals surface area contributed by atoms with Crippen LogP contribution in [0.3, 0.4) is 0 Å². The van der Waals surface area contributed by atoms with Gasteiger partial charge in [-0.15, -0.1) is 0 Å². The highest BCUT2D eigenvalue weighted by Gasteiger charge is 2.16. The van der Waals surface area contributed by atoms with E-state index in [1.807, 2.05) is 45.0 Å². The maximum atomic E-state index is 13.2. The molecular formula is C23H21FN4O. The number of nitrogens with one attached hydrogen (secondary N) is 1. The number of aromatic nitrogens is 2. The predicted molar refractivity (Wildman–Crippen MR) is 111 cm³/mol. The Morgan fingerprint density at radius 3 is 2.31 bits per heavy atom. The Kier molecular flexibility index (Phi) is 5.60. The quantitative estimate of drug-likeness (QED) is 0.516. The maximum absolute atomic E-state index is 13.2. The third-order valence-electron chi connectivity index (χ3n) is 4.79. The molecule has 3 rings (SSSR count). The zero-order valence-corrected chi connectivity index (χ0v) is 16.7. The highest BCUT2D eigenvalue weighted by molar-refractivity contribution is 6.10. The molecule has 0 radical (unpaired) electrons. The van der Waals surface area contributed by atoms with E-state index in [1.165, 1.54) is 12.1 Å². The van der Waals surface area contributed by atoms with Crippen LogP contribution in [-0.2, 0) is 4.79 Å². The van der Waals surface area contributed by atoms with E-state index in [4.69, 9.17) is 0 Å². The van der Waals surface area contributed by atoms with Crippen LogP contribution in [0.1, 0.15) is 28.1 Å². The number of halogens is 1. The average Bonchev–Trinajstić information content (AvgIpc) is 2.97. The lowest BCUT2D eigenvalue weighted by Crippen LogP contribution is -2.15. The summed E-state index contributed by atoms with van der Waals surface area (Å²) in [7, 11) is 0. The van der Waals surface area contributed by atoms with Crippen molar-refractivity contribution >= 4 is 17.7 Å². The molecule has 1 heterocycles. The number of hydrogen-bond donors (Lipinski definition) is 1. The van der Waals surface area contributed by atoms with Crippen LogP contribution >= 0.6 is 0 Å². The Morgan fingerprint density at radius 1 is 1.10 bits per heavy atom. The number of aryl methyl sites for hydroxylation is 3. The Hall–Kier alpha value is -3.72. The van der Waals surface area contributed by atoms with Gasteiger partial charge >= 0.3 is 0 Å². The van der Waals surface area contributed by atoms with Crippen molar-refractivity contribution in [3.05, 3.63) is 81.9 Å². The Labute approximate surface area is 169 Å². The fourth-order valence-corrected chi connectivity index (χ4v) is 3.18. The number of rotatable bonds is 4. The van der Waals surface area contributed by atoms with Crippen molar-refractivity contribution in [3.63, 3.8) is 0 Å². The molecule has 0 aliphatic rings. The zero-order chi connectivity index (χ0) is 21.1. The smallest absolute Gasteiger partial charge is 0.266 e. The zero-order valence-electron chi connectivity index (χ0n) is 16.7. The Balaban J connectivity index is 1.96. The predicted octanol–water partition coefficient (Wildman–Crippen LogP) is 4.79. The van der Waals surface area contributed by atoms with Gasteiger partial charge in [0.15, 0.2) is 0 Å². The highest BCUT2D eigenvalue weighted by atomic mass is 19.1. The SMILES string of the molecule is Cc1cccc(C)c1NC(=O)/C(C#N)=C/c1c(C)nn(-c2ccc(F)cc2)c1C. The van der Waals surface area contributed by atoms with Crippen LogP contribution in [-0.4, -0.2) is 15.7 Å². The molecule has 0 atom stereocenters. The third kappa shape index (κ3) is 4.09. The summed E-state index contributed by atoms with van der Waals surface area (Å²) in [6, 6.07) is 13.7. The first-order valence-electron chi connectivity index (χ1n) is 9.13. The molecule has 0 spiro atoms. The van der Waals surface area contributed by atoms with Crippen molar-refractivity contribution in [2.45, 2.75) is 27.7 Å². The summed E-state index contributed by atoms with van der Waals surface area (Å²) in [5.74, 6) is -0.802. The van der Waals surface area contributed by atoms with E-state index in [-0.39, 0.29) is 11.4 Å². The van der Waals surface area contributed by atoms with Gasteiger partial charge in [-0.25, -0.2) is 9.07 Å². The minimum Gasteiger partial charge on any atom is -0.321 e. The van der Waals surface area contributed by atoms with Gasteiger partial charge in [-0.3, -0.25) is 4.79 Å². The topological polar surface area (TPSA) is 70.7 Å². The van der Waals surface area contributed by atoms with E-state index in [0.29, 0.717) is 22.6 Å². The summed E-state index contributed by atoms with van der Waals surface area (Å²) in [5.41, 5.74) is 5.33. The number of carbonyl (C=O) groups excluding carboxylic acids is 1. The molecule has 6 heteroatoms. The molecule has 2 aromatic carbocycles. The summed E-state index contributed by atoms with van der Waals surface area (Å²) < 4.78 is 14.9. The monoisotopic (exact) mass is 388 g/mol. The molecule has 29 heavy (non-hydrogen) atoms. The molecule has 0 bridgehead atoms. The molecule has 0 saturated carbocycles.